The Morgan fingerprint density at radius 1 is 1.05 bits per heavy atom. The van der Waals surface area contributed by atoms with Gasteiger partial charge in [0.05, 0.1) is 11.7 Å². The summed E-state index contributed by atoms with van der Waals surface area (Å²) in [6.07, 6.45) is 4.09. The van der Waals surface area contributed by atoms with Gasteiger partial charge in [0.1, 0.15) is 5.69 Å². The highest BCUT2D eigenvalue weighted by molar-refractivity contribution is 5.88. The van der Waals surface area contributed by atoms with E-state index in [2.05, 4.69) is 56.3 Å². The molecule has 0 radical (unpaired) electrons. The van der Waals surface area contributed by atoms with E-state index in [0.717, 1.165) is 29.8 Å². The van der Waals surface area contributed by atoms with Gasteiger partial charge in [-0.15, -0.1) is 0 Å². The van der Waals surface area contributed by atoms with Crippen molar-refractivity contribution >= 4 is 16.5 Å². The standard InChI is InChI=1S/C18H21N3/c1-3-16(4-2)21-12-17(19)18(20-21)15-10-9-13-7-5-6-8-14(13)11-15/h5-12,16H,3-4,19H2,1-2H3. The minimum Gasteiger partial charge on any atom is -0.396 e. The maximum Gasteiger partial charge on any atom is 0.115 e. The first-order valence-corrected chi connectivity index (χ1v) is 7.56. The molecule has 0 saturated carbocycles. The number of anilines is 1. The molecule has 2 aromatic carbocycles. The van der Waals surface area contributed by atoms with Gasteiger partial charge in [-0.05, 0) is 29.7 Å². The summed E-state index contributed by atoms with van der Waals surface area (Å²) >= 11 is 0. The number of nitrogens with two attached hydrogens (primary N) is 1. The lowest BCUT2D eigenvalue weighted by Gasteiger charge is -2.12. The number of aromatic nitrogens is 2. The van der Waals surface area contributed by atoms with Crippen LogP contribution < -0.4 is 5.73 Å². The molecule has 21 heavy (non-hydrogen) atoms. The van der Waals surface area contributed by atoms with Gasteiger partial charge in [-0.25, -0.2) is 0 Å². The predicted molar refractivity (Wildman–Crippen MR) is 89.2 cm³/mol. The van der Waals surface area contributed by atoms with Crippen LogP contribution in [0.3, 0.4) is 0 Å². The second-order valence-corrected chi connectivity index (χ2v) is 5.45. The molecule has 0 atom stereocenters. The third kappa shape index (κ3) is 2.51. The molecular weight excluding hydrogens is 258 g/mol. The maximum atomic E-state index is 6.18. The molecule has 0 amide bonds. The lowest BCUT2D eigenvalue weighted by atomic mass is 10.0. The first kappa shape index (κ1) is 13.7. The Bertz CT molecular complexity index is 754. The molecule has 0 bridgehead atoms. The van der Waals surface area contributed by atoms with Crippen molar-refractivity contribution in [3.8, 4) is 11.3 Å². The minimum atomic E-state index is 0.418. The molecule has 0 saturated heterocycles. The average Bonchev–Trinajstić information content (AvgIpc) is 2.90. The Labute approximate surface area is 125 Å². The highest BCUT2D eigenvalue weighted by atomic mass is 15.3. The Morgan fingerprint density at radius 3 is 2.48 bits per heavy atom. The van der Waals surface area contributed by atoms with Crippen LogP contribution in [0.4, 0.5) is 5.69 Å². The van der Waals surface area contributed by atoms with E-state index in [0.29, 0.717) is 6.04 Å². The molecule has 0 fully saturated rings. The Balaban J connectivity index is 2.05. The molecule has 0 unspecified atom stereocenters. The van der Waals surface area contributed by atoms with Crippen molar-refractivity contribution in [3.63, 3.8) is 0 Å². The van der Waals surface area contributed by atoms with Crippen molar-refractivity contribution in [3.05, 3.63) is 48.7 Å². The van der Waals surface area contributed by atoms with Gasteiger partial charge in [-0.1, -0.05) is 50.2 Å². The van der Waals surface area contributed by atoms with Crippen molar-refractivity contribution in [2.75, 3.05) is 5.73 Å². The van der Waals surface area contributed by atoms with E-state index in [4.69, 9.17) is 10.8 Å². The highest BCUT2D eigenvalue weighted by Gasteiger charge is 2.13. The van der Waals surface area contributed by atoms with E-state index in [-0.39, 0.29) is 0 Å². The van der Waals surface area contributed by atoms with Gasteiger partial charge < -0.3 is 5.73 Å². The molecule has 0 aliphatic carbocycles. The van der Waals surface area contributed by atoms with Crippen molar-refractivity contribution in [2.24, 2.45) is 0 Å². The lowest BCUT2D eigenvalue weighted by molar-refractivity contribution is 0.429. The van der Waals surface area contributed by atoms with E-state index in [1.807, 2.05) is 10.9 Å². The zero-order valence-corrected chi connectivity index (χ0v) is 12.6. The quantitative estimate of drug-likeness (QED) is 0.755. The van der Waals surface area contributed by atoms with E-state index < -0.39 is 0 Å². The number of hydrogen-bond acceptors (Lipinski definition) is 2. The van der Waals surface area contributed by atoms with Gasteiger partial charge in [0.25, 0.3) is 0 Å². The molecule has 3 rings (SSSR count). The summed E-state index contributed by atoms with van der Waals surface area (Å²) in [6.45, 7) is 4.36. The number of fused-ring (bicyclic) bond motifs is 1. The first-order chi connectivity index (χ1) is 10.2. The average molecular weight is 279 g/mol. The topological polar surface area (TPSA) is 43.8 Å². The number of nitrogen functional groups attached to an aromatic ring is 1. The van der Waals surface area contributed by atoms with E-state index in [9.17, 15) is 0 Å². The molecular formula is C18H21N3. The molecule has 0 spiro atoms. The highest BCUT2D eigenvalue weighted by Crippen LogP contribution is 2.29. The van der Waals surface area contributed by atoms with Crippen LogP contribution in [0.2, 0.25) is 0 Å². The molecule has 3 aromatic rings. The second-order valence-electron chi connectivity index (χ2n) is 5.45. The summed E-state index contributed by atoms with van der Waals surface area (Å²) in [5.74, 6) is 0. The van der Waals surface area contributed by atoms with Gasteiger partial charge in [0.2, 0.25) is 0 Å². The van der Waals surface area contributed by atoms with Crippen molar-refractivity contribution in [1.29, 1.82) is 0 Å². The monoisotopic (exact) mass is 279 g/mol. The second kappa shape index (κ2) is 5.60. The van der Waals surface area contributed by atoms with Crippen LogP contribution in [0, 0.1) is 0 Å². The minimum absolute atomic E-state index is 0.418. The molecule has 3 heteroatoms. The third-order valence-corrected chi connectivity index (χ3v) is 4.10. The van der Waals surface area contributed by atoms with Gasteiger partial charge in [0, 0.05) is 11.8 Å². The van der Waals surface area contributed by atoms with E-state index >= 15 is 0 Å². The first-order valence-electron chi connectivity index (χ1n) is 7.56. The molecule has 108 valence electrons. The van der Waals surface area contributed by atoms with Crippen molar-refractivity contribution in [2.45, 2.75) is 32.7 Å². The van der Waals surface area contributed by atoms with Crippen LogP contribution in [0.1, 0.15) is 32.7 Å². The van der Waals surface area contributed by atoms with Gasteiger partial charge in [-0.2, -0.15) is 5.10 Å². The number of benzene rings is 2. The van der Waals surface area contributed by atoms with Crippen LogP contribution in [0.15, 0.2) is 48.7 Å². The Morgan fingerprint density at radius 2 is 1.76 bits per heavy atom. The summed E-state index contributed by atoms with van der Waals surface area (Å²) in [5.41, 5.74) is 8.89. The summed E-state index contributed by atoms with van der Waals surface area (Å²) in [4.78, 5) is 0. The molecule has 1 aromatic heterocycles. The SMILES string of the molecule is CCC(CC)n1cc(N)c(-c2ccc3ccccc3c2)n1. The molecule has 0 aliphatic rings. The summed E-state index contributed by atoms with van der Waals surface area (Å²) in [6, 6.07) is 15.1. The Kier molecular flexibility index (Phi) is 3.65. The van der Waals surface area contributed by atoms with Gasteiger partial charge in [0.15, 0.2) is 0 Å². The van der Waals surface area contributed by atoms with Gasteiger partial charge >= 0.3 is 0 Å². The predicted octanol–water partition coefficient (Wildman–Crippen LogP) is 4.65. The number of nitrogens with zero attached hydrogens (tertiary/aromatic N) is 2. The Hall–Kier alpha value is -2.29. The normalized spacial score (nSPS) is 11.4. The fraction of sp³-hybridized carbons (Fsp3) is 0.278. The smallest absolute Gasteiger partial charge is 0.115 e. The van der Waals surface area contributed by atoms with Crippen LogP contribution in [0.25, 0.3) is 22.0 Å². The summed E-state index contributed by atoms with van der Waals surface area (Å²) in [7, 11) is 0. The van der Waals surface area contributed by atoms with Crippen LogP contribution in [0.5, 0.6) is 0 Å². The maximum absolute atomic E-state index is 6.18. The lowest BCUT2D eigenvalue weighted by Crippen LogP contribution is -2.07. The summed E-state index contributed by atoms with van der Waals surface area (Å²) < 4.78 is 2.01. The van der Waals surface area contributed by atoms with E-state index in [1.165, 1.54) is 10.8 Å². The van der Waals surface area contributed by atoms with Crippen molar-refractivity contribution < 1.29 is 0 Å². The van der Waals surface area contributed by atoms with Crippen LogP contribution in [-0.4, -0.2) is 9.78 Å². The van der Waals surface area contributed by atoms with Gasteiger partial charge in [-0.3, -0.25) is 4.68 Å². The van der Waals surface area contributed by atoms with Crippen LogP contribution >= 0.6 is 0 Å². The molecule has 3 nitrogen and oxygen atoms in total. The fourth-order valence-electron chi connectivity index (χ4n) is 2.82. The molecule has 1 heterocycles. The van der Waals surface area contributed by atoms with Crippen LogP contribution in [-0.2, 0) is 0 Å². The summed E-state index contributed by atoms with van der Waals surface area (Å²) in [5, 5.41) is 7.17. The fourth-order valence-corrected chi connectivity index (χ4v) is 2.82. The molecule has 2 N–H and O–H groups in total. The zero-order chi connectivity index (χ0) is 14.8. The van der Waals surface area contributed by atoms with Crippen molar-refractivity contribution in [1.82, 2.24) is 9.78 Å². The largest absolute Gasteiger partial charge is 0.396 e. The zero-order valence-electron chi connectivity index (χ0n) is 12.6. The number of rotatable bonds is 4. The third-order valence-electron chi connectivity index (χ3n) is 4.10. The van der Waals surface area contributed by atoms with E-state index in [1.54, 1.807) is 0 Å². The molecule has 0 aliphatic heterocycles. The number of hydrogen-bond donors (Lipinski definition) is 1.